The molecule has 0 aliphatic carbocycles. The van der Waals surface area contributed by atoms with Crippen LogP contribution in [0.2, 0.25) is 6.32 Å². The molecule has 0 amide bonds. The number of nitrogens with two attached hydrogens (primary N) is 1. The van der Waals surface area contributed by atoms with Gasteiger partial charge in [0, 0.05) is 17.8 Å². The first-order valence-corrected chi connectivity index (χ1v) is 4.62. The number of rotatable bonds is 2. The predicted octanol–water partition coefficient (Wildman–Crippen LogP) is 1.93. The molecule has 0 saturated carbocycles. The fourth-order valence-corrected chi connectivity index (χ4v) is 1.47. The van der Waals surface area contributed by atoms with Gasteiger partial charge in [0.05, 0.1) is 13.6 Å². The molecule has 2 N–H and O–H groups in total. The zero-order valence-electron chi connectivity index (χ0n) is 7.90. The molecule has 0 aromatic heterocycles. The number of aliphatic imine (C=N–C) groups is 1. The van der Waals surface area contributed by atoms with Crippen LogP contribution >= 0.6 is 0 Å². The van der Waals surface area contributed by atoms with Gasteiger partial charge in [-0.1, -0.05) is 18.2 Å². The Morgan fingerprint density at radius 2 is 2.00 bits per heavy atom. The Kier molecular flexibility index (Phi) is 2.40. The van der Waals surface area contributed by atoms with Crippen molar-refractivity contribution in [1.82, 2.24) is 0 Å². The third-order valence-electron chi connectivity index (χ3n) is 2.26. The number of hydrogen-bond donors (Lipinski definition) is 1. The van der Waals surface area contributed by atoms with E-state index < -0.39 is 0 Å². The molecule has 2 nitrogen and oxygen atoms in total. The highest BCUT2D eigenvalue weighted by Gasteiger charge is 2.08. The van der Waals surface area contributed by atoms with Crippen molar-refractivity contribution in [3.8, 4) is 0 Å². The average molecular weight is 182 g/mol. The average Bonchev–Trinajstić information content (AvgIpc) is 2.67. The summed E-state index contributed by atoms with van der Waals surface area (Å²) in [5, 5.41) is 0. The molecule has 1 aromatic rings. The van der Waals surface area contributed by atoms with Crippen LogP contribution in [-0.4, -0.2) is 13.6 Å². The Morgan fingerprint density at radius 3 is 2.57 bits per heavy atom. The lowest BCUT2D eigenvalue weighted by Gasteiger charge is -2.00. The Balaban J connectivity index is 2.22. The largest absolute Gasteiger partial charge is 0.399 e. The number of benzene rings is 1. The third-order valence-corrected chi connectivity index (χ3v) is 2.26. The molecule has 0 saturated heterocycles. The predicted molar refractivity (Wildman–Crippen MR) is 60.7 cm³/mol. The zero-order valence-corrected chi connectivity index (χ0v) is 7.90. The van der Waals surface area contributed by atoms with Crippen molar-refractivity contribution < 1.29 is 0 Å². The van der Waals surface area contributed by atoms with Crippen molar-refractivity contribution in [1.29, 1.82) is 0 Å². The molecule has 0 bridgehead atoms. The van der Waals surface area contributed by atoms with Gasteiger partial charge in [-0.15, -0.1) is 0 Å². The quantitative estimate of drug-likeness (QED) is 0.550. The highest BCUT2D eigenvalue weighted by molar-refractivity contribution is 6.11. The second kappa shape index (κ2) is 3.70. The maximum absolute atomic E-state index is 5.61. The van der Waals surface area contributed by atoms with Crippen LogP contribution in [0.15, 0.2) is 41.0 Å². The van der Waals surface area contributed by atoms with E-state index in [-0.39, 0.29) is 0 Å². The van der Waals surface area contributed by atoms with Crippen LogP contribution in [-0.2, 0) is 0 Å². The Morgan fingerprint density at radius 1 is 1.29 bits per heavy atom. The molecule has 1 aliphatic heterocycles. The maximum atomic E-state index is 5.61. The molecule has 1 heterocycles. The van der Waals surface area contributed by atoms with Gasteiger partial charge in [0.2, 0.25) is 0 Å². The van der Waals surface area contributed by atoms with E-state index in [1.807, 2.05) is 24.3 Å². The lowest BCUT2D eigenvalue weighted by atomic mass is 10.0. The maximum Gasteiger partial charge on any atom is 0.0737 e. The summed E-state index contributed by atoms with van der Waals surface area (Å²) in [6.07, 6.45) is 3.45. The van der Waals surface area contributed by atoms with Crippen LogP contribution in [0.4, 0.5) is 5.69 Å². The summed E-state index contributed by atoms with van der Waals surface area (Å²) in [5.41, 5.74) is 9.55. The lowest BCUT2D eigenvalue weighted by molar-refractivity contribution is 1.33. The monoisotopic (exact) mass is 182 g/mol. The zero-order chi connectivity index (χ0) is 9.97. The van der Waals surface area contributed by atoms with Gasteiger partial charge >= 0.3 is 0 Å². The second-order valence-corrected chi connectivity index (χ2v) is 3.28. The van der Waals surface area contributed by atoms with Gasteiger partial charge < -0.3 is 5.73 Å². The summed E-state index contributed by atoms with van der Waals surface area (Å²) >= 11 is 0. The molecule has 68 valence electrons. The summed E-state index contributed by atoms with van der Waals surface area (Å²) in [6.45, 7) is 0. The Labute approximate surface area is 84.9 Å². The molecule has 1 aromatic carbocycles. The van der Waals surface area contributed by atoms with E-state index in [0.717, 1.165) is 29.1 Å². The van der Waals surface area contributed by atoms with Gasteiger partial charge in [0.25, 0.3) is 0 Å². The normalized spacial score (nSPS) is 15.1. The molecule has 0 atom stereocenters. The summed E-state index contributed by atoms with van der Waals surface area (Å²) in [7, 11) is 5.50. The number of hydrogen-bond acceptors (Lipinski definition) is 2. The minimum atomic E-state index is 0.512. The molecule has 2 radical (unpaired) electrons. The molecule has 14 heavy (non-hydrogen) atoms. The van der Waals surface area contributed by atoms with Gasteiger partial charge in [-0.25, -0.2) is 0 Å². The molecular formula is C11H11BN2. The van der Waals surface area contributed by atoms with Crippen molar-refractivity contribution >= 4 is 19.2 Å². The van der Waals surface area contributed by atoms with Gasteiger partial charge in [-0.2, -0.15) is 0 Å². The Bertz CT molecular complexity index is 390. The first kappa shape index (κ1) is 9.07. The molecule has 0 spiro atoms. The first-order chi connectivity index (χ1) is 6.79. The SMILES string of the molecule is [B]CC1=CCC(c2ccc(N)cc2)=N1. The van der Waals surface area contributed by atoms with Gasteiger partial charge in [0.15, 0.2) is 0 Å². The minimum Gasteiger partial charge on any atom is -0.399 e. The van der Waals surface area contributed by atoms with E-state index >= 15 is 0 Å². The van der Waals surface area contributed by atoms with Crippen molar-refractivity contribution in [3.05, 3.63) is 41.6 Å². The van der Waals surface area contributed by atoms with Gasteiger partial charge in [0.1, 0.15) is 0 Å². The van der Waals surface area contributed by atoms with Crippen LogP contribution in [0, 0.1) is 0 Å². The van der Waals surface area contributed by atoms with Crippen molar-refractivity contribution in [2.75, 3.05) is 5.73 Å². The fourth-order valence-electron chi connectivity index (χ4n) is 1.47. The van der Waals surface area contributed by atoms with E-state index in [9.17, 15) is 0 Å². The van der Waals surface area contributed by atoms with Crippen LogP contribution in [0.5, 0.6) is 0 Å². The highest BCUT2D eigenvalue weighted by atomic mass is 14.8. The van der Waals surface area contributed by atoms with E-state index in [4.69, 9.17) is 13.6 Å². The van der Waals surface area contributed by atoms with Crippen LogP contribution in [0.25, 0.3) is 0 Å². The number of nitrogens with zero attached hydrogens (tertiary/aromatic N) is 1. The van der Waals surface area contributed by atoms with Crippen LogP contribution < -0.4 is 5.73 Å². The van der Waals surface area contributed by atoms with Gasteiger partial charge in [-0.3, -0.25) is 4.99 Å². The third kappa shape index (κ3) is 1.71. The van der Waals surface area contributed by atoms with Crippen molar-refractivity contribution in [3.63, 3.8) is 0 Å². The standard InChI is InChI=1S/C11H11BN2/c12-7-10-5-6-11(14-10)8-1-3-9(13)4-2-8/h1-5H,6-7,13H2. The van der Waals surface area contributed by atoms with E-state index in [0.29, 0.717) is 6.32 Å². The summed E-state index contributed by atoms with van der Waals surface area (Å²) in [5.74, 6) is 0. The minimum absolute atomic E-state index is 0.512. The smallest absolute Gasteiger partial charge is 0.0737 e. The fraction of sp³-hybridized carbons (Fsp3) is 0.182. The summed E-state index contributed by atoms with van der Waals surface area (Å²) in [6, 6.07) is 7.75. The summed E-state index contributed by atoms with van der Waals surface area (Å²) in [4.78, 5) is 4.42. The number of allylic oxidation sites excluding steroid dienone is 2. The molecule has 2 rings (SSSR count). The molecule has 0 unspecified atom stereocenters. The molecule has 3 heteroatoms. The first-order valence-electron chi connectivity index (χ1n) is 4.62. The second-order valence-electron chi connectivity index (χ2n) is 3.28. The Hall–Kier alpha value is -1.51. The van der Waals surface area contributed by atoms with E-state index in [1.54, 1.807) is 0 Å². The van der Waals surface area contributed by atoms with Crippen molar-refractivity contribution in [2.24, 2.45) is 4.99 Å². The molecule has 1 aliphatic rings. The van der Waals surface area contributed by atoms with E-state index in [1.165, 1.54) is 0 Å². The highest BCUT2D eigenvalue weighted by Crippen LogP contribution is 2.18. The summed E-state index contributed by atoms with van der Waals surface area (Å²) < 4.78 is 0. The lowest BCUT2D eigenvalue weighted by Crippen LogP contribution is -1.96. The van der Waals surface area contributed by atoms with Crippen LogP contribution in [0.3, 0.4) is 0 Å². The van der Waals surface area contributed by atoms with E-state index in [2.05, 4.69) is 11.1 Å². The number of nitrogen functional groups attached to an aromatic ring is 1. The van der Waals surface area contributed by atoms with Gasteiger partial charge in [-0.05, 0) is 24.0 Å². The molecule has 0 fully saturated rings. The molecular weight excluding hydrogens is 171 g/mol. The number of anilines is 1. The van der Waals surface area contributed by atoms with Crippen LogP contribution in [0.1, 0.15) is 12.0 Å². The van der Waals surface area contributed by atoms with Crippen molar-refractivity contribution in [2.45, 2.75) is 12.7 Å². The topological polar surface area (TPSA) is 38.4 Å².